The molecular formula is C21H26FN3O. The third-order valence-corrected chi connectivity index (χ3v) is 4.92. The van der Waals surface area contributed by atoms with Crippen molar-refractivity contribution in [1.82, 2.24) is 10.2 Å². The molecule has 138 valence electrons. The van der Waals surface area contributed by atoms with Crippen LogP contribution in [0.5, 0.6) is 0 Å². The Morgan fingerprint density at radius 1 is 1.04 bits per heavy atom. The molecule has 0 atom stereocenters. The molecule has 1 N–H and O–H groups in total. The van der Waals surface area contributed by atoms with Crippen molar-refractivity contribution in [3.8, 4) is 0 Å². The molecule has 1 aliphatic heterocycles. The van der Waals surface area contributed by atoms with E-state index in [0.717, 1.165) is 6.54 Å². The van der Waals surface area contributed by atoms with E-state index in [1.807, 2.05) is 28.0 Å². The summed E-state index contributed by atoms with van der Waals surface area (Å²) >= 11 is 0. The van der Waals surface area contributed by atoms with E-state index < -0.39 is 0 Å². The van der Waals surface area contributed by atoms with Gasteiger partial charge in [-0.15, -0.1) is 0 Å². The van der Waals surface area contributed by atoms with Crippen molar-refractivity contribution in [2.45, 2.75) is 19.9 Å². The van der Waals surface area contributed by atoms with Crippen LogP contribution >= 0.6 is 0 Å². The van der Waals surface area contributed by atoms with Crippen molar-refractivity contribution in [2.24, 2.45) is 0 Å². The highest BCUT2D eigenvalue weighted by Gasteiger charge is 2.22. The normalized spacial score (nSPS) is 14.5. The second-order valence-electron chi connectivity index (χ2n) is 6.67. The molecule has 2 aromatic rings. The van der Waals surface area contributed by atoms with Crippen molar-refractivity contribution in [2.75, 3.05) is 37.6 Å². The zero-order valence-corrected chi connectivity index (χ0v) is 15.2. The maximum atomic E-state index is 13.9. The third kappa shape index (κ3) is 4.61. The SMILES string of the molecule is Cc1ccccc1CNCCC(=O)N1CCN(c2ccccc2F)CC1. The number of nitrogens with one attached hydrogen (secondary N) is 1. The van der Waals surface area contributed by atoms with E-state index in [2.05, 4.69) is 24.4 Å². The predicted octanol–water partition coefficient (Wildman–Crippen LogP) is 2.96. The van der Waals surface area contributed by atoms with Gasteiger partial charge in [0.1, 0.15) is 5.82 Å². The lowest BCUT2D eigenvalue weighted by atomic mass is 10.1. The van der Waals surface area contributed by atoms with Crippen molar-refractivity contribution >= 4 is 11.6 Å². The van der Waals surface area contributed by atoms with Crippen LogP contribution in [0.4, 0.5) is 10.1 Å². The molecule has 1 saturated heterocycles. The number of carbonyl (C=O) groups excluding carboxylic acids is 1. The molecule has 0 spiro atoms. The fourth-order valence-corrected chi connectivity index (χ4v) is 3.29. The van der Waals surface area contributed by atoms with Gasteiger partial charge >= 0.3 is 0 Å². The van der Waals surface area contributed by atoms with E-state index in [-0.39, 0.29) is 11.7 Å². The van der Waals surface area contributed by atoms with E-state index in [1.165, 1.54) is 17.2 Å². The van der Waals surface area contributed by atoms with Gasteiger partial charge in [-0.1, -0.05) is 36.4 Å². The molecule has 1 fully saturated rings. The smallest absolute Gasteiger partial charge is 0.223 e. The lowest BCUT2D eigenvalue weighted by Crippen LogP contribution is -2.49. The number of amides is 1. The quantitative estimate of drug-likeness (QED) is 0.810. The zero-order valence-electron chi connectivity index (χ0n) is 15.2. The summed E-state index contributed by atoms with van der Waals surface area (Å²) < 4.78 is 13.9. The van der Waals surface area contributed by atoms with Gasteiger partial charge in [0.15, 0.2) is 0 Å². The first-order valence-corrected chi connectivity index (χ1v) is 9.17. The van der Waals surface area contributed by atoms with Gasteiger partial charge in [0.25, 0.3) is 0 Å². The van der Waals surface area contributed by atoms with Crippen LogP contribution in [0.2, 0.25) is 0 Å². The van der Waals surface area contributed by atoms with Crippen molar-refractivity contribution in [1.29, 1.82) is 0 Å². The van der Waals surface area contributed by atoms with Gasteiger partial charge in [-0.2, -0.15) is 0 Å². The monoisotopic (exact) mass is 355 g/mol. The maximum Gasteiger partial charge on any atom is 0.223 e. The van der Waals surface area contributed by atoms with Crippen molar-refractivity contribution in [3.63, 3.8) is 0 Å². The topological polar surface area (TPSA) is 35.6 Å². The first-order valence-electron chi connectivity index (χ1n) is 9.17. The van der Waals surface area contributed by atoms with Crippen molar-refractivity contribution in [3.05, 3.63) is 65.5 Å². The van der Waals surface area contributed by atoms with Gasteiger partial charge in [-0.3, -0.25) is 4.79 Å². The molecule has 26 heavy (non-hydrogen) atoms. The average molecular weight is 355 g/mol. The molecule has 0 radical (unpaired) electrons. The van der Waals surface area contributed by atoms with E-state index in [4.69, 9.17) is 0 Å². The fourth-order valence-electron chi connectivity index (χ4n) is 3.29. The minimum Gasteiger partial charge on any atom is -0.366 e. The Balaban J connectivity index is 1.40. The van der Waals surface area contributed by atoms with Crippen LogP contribution in [0.1, 0.15) is 17.5 Å². The Kier molecular flexibility index (Phi) is 6.23. The number of anilines is 1. The number of hydrogen-bond donors (Lipinski definition) is 1. The summed E-state index contributed by atoms with van der Waals surface area (Å²) in [6.07, 6.45) is 0.492. The first-order chi connectivity index (χ1) is 12.6. The lowest BCUT2D eigenvalue weighted by molar-refractivity contribution is -0.131. The fraction of sp³-hybridized carbons (Fsp3) is 0.381. The van der Waals surface area contributed by atoms with Crippen LogP contribution < -0.4 is 10.2 Å². The number of hydrogen-bond acceptors (Lipinski definition) is 3. The zero-order chi connectivity index (χ0) is 18.4. The second kappa shape index (κ2) is 8.81. The van der Waals surface area contributed by atoms with E-state index in [1.54, 1.807) is 12.1 Å². The summed E-state index contributed by atoms with van der Waals surface area (Å²) in [5, 5.41) is 3.35. The standard InChI is InChI=1S/C21H26FN3O/c1-17-6-2-3-7-18(17)16-23-11-10-21(26)25-14-12-24(13-15-25)20-9-5-4-8-19(20)22/h2-9,23H,10-16H2,1H3. The average Bonchev–Trinajstić information content (AvgIpc) is 2.67. The van der Waals surface area contributed by atoms with Crippen LogP contribution in [-0.4, -0.2) is 43.5 Å². The highest BCUT2D eigenvalue weighted by Crippen LogP contribution is 2.20. The number of rotatable bonds is 6. The molecule has 1 aliphatic rings. The number of nitrogens with zero attached hydrogens (tertiary/aromatic N) is 2. The number of halogens is 1. The minimum absolute atomic E-state index is 0.162. The van der Waals surface area contributed by atoms with Gasteiger partial charge in [-0.05, 0) is 30.2 Å². The Bertz CT molecular complexity index is 742. The van der Waals surface area contributed by atoms with Crippen LogP contribution in [0.3, 0.4) is 0 Å². The molecule has 1 amide bonds. The second-order valence-corrected chi connectivity index (χ2v) is 6.67. The Morgan fingerprint density at radius 2 is 1.73 bits per heavy atom. The summed E-state index contributed by atoms with van der Waals surface area (Å²) in [5.41, 5.74) is 3.15. The highest BCUT2D eigenvalue weighted by molar-refractivity contribution is 5.76. The molecular weight excluding hydrogens is 329 g/mol. The van der Waals surface area contributed by atoms with Gasteiger partial charge in [0, 0.05) is 45.7 Å². The van der Waals surface area contributed by atoms with Crippen LogP contribution in [0.15, 0.2) is 48.5 Å². The Morgan fingerprint density at radius 3 is 2.46 bits per heavy atom. The van der Waals surface area contributed by atoms with E-state index in [9.17, 15) is 9.18 Å². The molecule has 5 heteroatoms. The highest BCUT2D eigenvalue weighted by atomic mass is 19.1. The summed E-state index contributed by atoms with van der Waals surface area (Å²) in [4.78, 5) is 16.3. The third-order valence-electron chi connectivity index (χ3n) is 4.92. The summed E-state index contributed by atoms with van der Waals surface area (Å²) in [6.45, 7) is 6.17. The molecule has 2 aromatic carbocycles. The van der Waals surface area contributed by atoms with Crippen LogP contribution in [-0.2, 0) is 11.3 Å². The predicted molar refractivity (Wildman–Crippen MR) is 103 cm³/mol. The molecule has 0 aromatic heterocycles. The summed E-state index contributed by atoms with van der Waals surface area (Å²) in [7, 11) is 0. The number of piperazine rings is 1. The largest absolute Gasteiger partial charge is 0.366 e. The molecule has 1 heterocycles. The number of para-hydroxylation sites is 1. The molecule has 0 aliphatic carbocycles. The number of benzene rings is 2. The van der Waals surface area contributed by atoms with Crippen LogP contribution in [0.25, 0.3) is 0 Å². The minimum atomic E-state index is -0.201. The Labute approximate surface area is 154 Å². The van der Waals surface area contributed by atoms with E-state index >= 15 is 0 Å². The molecule has 0 unspecified atom stereocenters. The summed E-state index contributed by atoms with van der Waals surface area (Å²) in [5.74, 6) is -0.0388. The molecule has 4 nitrogen and oxygen atoms in total. The van der Waals surface area contributed by atoms with Crippen LogP contribution in [0, 0.1) is 12.7 Å². The molecule has 0 saturated carbocycles. The van der Waals surface area contributed by atoms with Gasteiger partial charge in [0.05, 0.1) is 5.69 Å². The van der Waals surface area contributed by atoms with Crippen molar-refractivity contribution < 1.29 is 9.18 Å². The molecule has 0 bridgehead atoms. The van der Waals surface area contributed by atoms with Gasteiger partial charge in [-0.25, -0.2) is 4.39 Å². The maximum absolute atomic E-state index is 13.9. The van der Waals surface area contributed by atoms with Gasteiger partial charge in [0.2, 0.25) is 5.91 Å². The first kappa shape index (κ1) is 18.4. The number of aryl methyl sites for hydroxylation is 1. The lowest BCUT2D eigenvalue weighted by Gasteiger charge is -2.36. The van der Waals surface area contributed by atoms with Gasteiger partial charge < -0.3 is 15.1 Å². The molecule has 3 rings (SSSR count). The van der Waals surface area contributed by atoms with E-state index in [0.29, 0.717) is 44.8 Å². The Hall–Kier alpha value is -2.40. The summed E-state index contributed by atoms with van der Waals surface area (Å²) in [6, 6.07) is 15.1. The number of carbonyl (C=O) groups is 1.